The fourth-order valence-corrected chi connectivity index (χ4v) is 11.1. The average Bonchev–Trinajstić information content (AvgIpc) is 3.94. The molecule has 0 bridgehead atoms. The highest BCUT2D eigenvalue weighted by atomic mass is 32.1. The first kappa shape index (κ1) is 33.2. The highest BCUT2D eigenvalue weighted by molar-refractivity contribution is 7.26. The molecule has 5 nitrogen and oxygen atoms in total. The van der Waals surface area contributed by atoms with E-state index in [1.807, 2.05) is 60.7 Å². The van der Waals surface area contributed by atoms with Crippen molar-refractivity contribution in [1.82, 2.24) is 15.0 Å². The Morgan fingerprint density at radius 1 is 0.517 bits per heavy atom. The summed E-state index contributed by atoms with van der Waals surface area (Å²) in [7, 11) is 0. The summed E-state index contributed by atoms with van der Waals surface area (Å²) in [5.74, 6) is 1.86. The zero-order valence-electron chi connectivity index (χ0n) is 31.5. The van der Waals surface area contributed by atoms with Crippen molar-refractivity contribution in [3.63, 3.8) is 0 Å². The van der Waals surface area contributed by atoms with Crippen molar-refractivity contribution >= 4 is 53.4 Å². The minimum Gasteiger partial charge on any atom is -0.456 e. The molecule has 7 aromatic carbocycles. The molecular formula is C52H34N4OS. The van der Waals surface area contributed by atoms with Crippen molar-refractivity contribution < 1.29 is 4.42 Å². The van der Waals surface area contributed by atoms with Gasteiger partial charge in [0.25, 0.3) is 0 Å². The Morgan fingerprint density at radius 3 is 2.14 bits per heavy atom. The van der Waals surface area contributed by atoms with Gasteiger partial charge >= 0.3 is 0 Å². The maximum atomic E-state index is 9.95. The summed E-state index contributed by atoms with van der Waals surface area (Å²) in [6, 6.07) is 53.5. The number of thiophene rings is 1. The standard InChI is InChI=1S/C52H34N4OS/c53-30-31-19-23-42-41(27-31)47-35(14-10-17-43(47)52(42)25-7-2-8-26-52)33-21-24-46-40(28-33)38-15-9-16-39(48(38)58-46)51-55-49(32-11-3-1-4-12-32)54-50(56-51)34-20-22-37-36-13-5-6-18-44(36)57-45(37)29-34/h1,3-6,9-24,27-29H,2,7-8,25-26H2. The van der Waals surface area contributed by atoms with Crippen LogP contribution in [0.4, 0.5) is 0 Å². The molecule has 6 heteroatoms. The van der Waals surface area contributed by atoms with Crippen LogP contribution in [0.3, 0.4) is 0 Å². The zero-order valence-corrected chi connectivity index (χ0v) is 32.3. The molecule has 0 aliphatic heterocycles. The monoisotopic (exact) mass is 762 g/mol. The topological polar surface area (TPSA) is 75.6 Å². The van der Waals surface area contributed by atoms with Crippen LogP contribution in [-0.4, -0.2) is 15.0 Å². The number of rotatable bonds is 4. The predicted molar refractivity (Wildman–Crippen MR) is 236 cm³/mol. The van der Waals surface area contributed by atoms with E-state index in [-0.39, 0.29) is 5.41 Å². The molecule has 1 saturated carbocycles. The minimum atomic E-state index is 0.0147. The van der Waals surface area contributed by atoms with Gasteiger partial charge in [-0.2, -0.15) is 5.26 Å². The molecule has 0 unspecified atom stereocenters. The molecule has 1 fully saturated rings. The second-order valence-corrected chi connectivity index (χ2v) is 16.8. The number of hydrogen-bond donors (Lipinski definition) is 0. The largest absolute Gasteiger partial charge is 0.456 e. The molecule has 0 atom stereocenters. The fourth-order valence-electron chi connectivity index (χ4n) is 9.91. The number of aromatic nitrogens is 3. The highest BCUT2D eigenvalue weighted by Gasteiger charge is 2.44. The van der Waals surface area contributed by atoms with Gasteiger partial charge in [-0.25, -0.2) is 15.0 Å². The summed E-state index contributed by atoms with van der Waals surface area (Å²) in [6.45, 7) is 0. The number of hydrogen-bond acceptors (Lipinski definition) is 6. The van der Waals surface area contributed by atoms with Crippen LogP contribution in [-0.2, 0) is 5.41 Å². The van der Waals surface area contributed by atoms with Gasteiger partial charge in [0.2, 0.25) is 0 Å². The van der Waals surface area contributed by atoms with Crippen LogP contribution in [0.25, 0.3) is 98.5 Å². The van der Waals surface area contributed by atoms with Crippen LogP contribution in [0.2, 0.25) is 0 Å². The third-order valence-corrected chi connectivity index (χ3v) is 13.8. The van der Waals surface area contributed by atoms with Crippen molar-refractivity contribution in [2.75, 3.05) is 0 Å². The van der Waals surface area contributed by atoms with E-state index in [4.69, 9.17) is 19.4 Å². The summed E-state index contributed by atoms with van der Waals surface area (Å²) >= 11 is 1.78. The number of para-hydroxylation sites is 1. The average molecular weight is 763 g/mol. The molecule has 0 saturated heterocycles. The van der Waals surface area contributed by atoms with Crippen LogP contribution >= 0.6 is 11.3 Å². The summed E-state index contributed by atoms with van der Waals surface area (Å²) in [5, 5.41) is 14.5. The maximum absolute atomic E-state index is 9.95. The Kier molecular flexibility index (Phi) is 7.33. The van der Waals surface area contributed by atoms with Gasteiger partial charge < -0.3 is 4.42 Å². The molecular weight excluding hydrogens is 729 g/mol. The first-order chi connectivity index (χ1) is 28.6. The molecule has 10 aromatic rings. The van der Waals surface area contributed by atoms with Gasteiger partial charge in [0, 0.05) is 53.1 Å². The molecule has 0 amide bonds. The Bertz CT molecular complexity index is 3350. The van der Waals surface area contributed by atoms with E-state index in [9.17, 15) is 5.26 Å². The lowest BCUT2D eigenvalue weighted by Gasteiger charge is -2.36. The van der Waals surface area contributed by atoms with Crippen molar-refractivity contribution in [2.24, 2.45) is 0 Å². The summed E-state index contributed by atoms with van der Waals surface area (Å²) in [6.07, 6.45) is 6.04. The van der Waals surface area contributed by atoms with Gasteiger partial charge in [0.05, 0.1) is 11.6 Å². The number of fused-ring (bicyclic) bond motifs is 11. The van der Waals surface area contributed by atoms with Gasteiger partial charge in [0.15, 0.2) is 17.5 Å². The van der Waals surface area contributed by atoms with Crippen molar-refractivity contribution in [2.45, 2.75) is 37.5 Å². The quantitative estimate of drug-likeness (QED) is 0.178. The molecule has 1 spiro atoms. The SMILES string of the molecule is N#Cc1ccc2c(c1)-c1c(-c3ccc4sc5c(-c6nc(-c7ccccc7)nc(-c7ccc8c(c7)oc7ccccc78)n6)cccc5c4c3)cccc1C21CCCCC1. The van der Waals surface area contributed by atoms with E-state index in [1.54, 1.807) is 11.3 Å². The molecule has 0 radical (unpaired) electrons. The van der Waals surface area contributed by atoms with E-state index < -0.39 is 0 Å². The molecule has 274 valence electrons. The molecule has 2 aliphatic rings. The summed E-state index contributed by atoms with van der Waals surface area (Å²) in [4.78, 5) is 15.4. The Labute approximate surface area is 338 Å². The normalized spacial score (nSPS) is 14.3. The van der Waals surface area contributed by atoms with Crippen LogP contribution in [0, 0.1) is 11.3 Å². The first-order valence-electron chi connectivity index (χ1n) is 20.0. The van der Waals surface area contributed by atoms with Crippen molar-refractivity contribution in [1.29, 1.82) is 5.26 Å². The fraction of sp³-hybridized carbons (Fsp3) is 0.115. The van der Waals surface area contributed by atoms with Crippen molar-refractivity contribution in [3.8, 4) is 62.5 Å². The molecule has 12 rings (SSSR count). The van der Waals surface area contributed by atoms with E-state index in [0.717, 1.165) is 56.2 Å². The Balaban J connectivity index is 1.02. The Hall–Kier alpha value is -6.94. The van der Waals surface area contributed by atoms with Gasteiger partial charge in [-0.1, -0.05) is 116 Å². The molecule has 3 aromatic heterocycles. The van der Waals surface area contributed by atoms with Gasteiger partial charge in [-0.3, -0.25) is 0 Å². The van der Waals surface area contributed by atoms with Crippen LogP contribution in [0.15, 0.2) is 150 Å². The molecule has 58 heavy (non-hydrogen) atoms. The Morgan fingerprint density at radius 2 is 1.26 bits per heavy atom. The molecule has 3 heterocycles. The summed E-state index contributed by atoms with van der Waals surface area (Å²) in [5.41, 5.74) is 12.9. The number of nitriles is 1. The van der Waals surface area contributed by atoms with E-state index >= 15 is 0 Å². The smallest absolute Gasteiger partial charge is 0.165 e. The maximum Gasteiger partial charge on any atom is 0.165 e. The lowest BCUT2D eigenvalue weighted by Crippen LogP contribution is -2.28. The predicted octanol–water partition coefficient (Wildman–Crippen LogP) is 13.9. The lowest BCUT2D eigenvalue weighted by atomic mass is 9.67. The van der Waals surface area contributed by atoms with Gasteiger partial charge in [-0.15, -0.1) is 11.3 Å². The van der Waals surface area contributed by atoms with E-state index in [1.165, 1.54) is 68.1 Å². The number of nitrogens with zero attached hydrogens (tertiary/aromatic N) is 4. The number of furan rings is 1. The van der Waals surface area contributed by atoms with E-state index in [0.29, 0.717) is 23.0 Å². The molecule has 2 aliphatic carbocycles. The van der Waals surface area contributed by atoms with E-state index in [2.05, 4.69) is 91.0 Å². The second kappa shape index (κ2) is 12.8. The first-order valence-corrected chi connectivity index (χ1v) is 20.8. The van der Waals surface area contributed by atoms with Crippen LogP contribution < -0.4 is 0 Å². The summed E-state index contributed by atoms with van der Waals surface area (Å²) < 4.78 is 8.63. The van der Waals surface area contributed by atoms with Crippen LogP contribution in [0.5, 0.6) is 0 Å². The third-order valence-electron chi connectivity index (χ3n) is 12.6. The van der Waals surface area contributed by atoms with Crippen molar-refractivity contribution in [3.05, 3.63) is 162 Å². The second-order valence-electron chi connectivity index (χ2n) is 15.7. The third kappa shape index (κ3) is 4.97. The van der Waals surface area contributed by atoms with Gasteiger partial charge in [0.1, 0.15) is 11.2 Å². The minimum absolute atomic E-state index is 0.0147. The molecule has 0 N–H and O–H groups in total. The lowest BCUT2D eigenvalue weighted by molar-refractivity contribution is 0.353. The van der Waals surface area contributed by atoms with Gasteiger partial charge in [-0.05, 0) is 94.8 Å². The van der Waals surface area contributed by atoms with Crippen LogP contribution in [0.1, 0.15) is 48.8 Å². The number of benzene rings is 7. The zero-order chi connectivity index (χ0) is 38.4. The highest BCUT2D eigenvalue weighted by Crippen LogP contribution is 2.58.